The molecule has 9 heteroatoms. The van der Waals surface area contributed by atoms with Gasteiger partial charge in [0.1, 0.15) is 5.69 Å². The highest BCUT2D eigenvalue weighted by Crippen LogP contribution is 2.26. The van der Waals surface area contributed by atoms with Crippen LogP contribution in [0, 0.1) is 0 Å². The van der Waals surface area contributed by atoms with E-state index in [4.69, 9.17) is 23.2 Å². The van der Waals surface area contributed by atoms with Crippen LogP contribution in [0.4, 0.5) is 4.79 Å². The van der Waals surface area contributed by atoms with E-state index in [9.17, 15) is 9.59 Å². The van der Waals surface area contributed by atoms with E-state index in [2.05, 4.69) is 10.4 Å². The van der Waals surface area contributed by atoms with Gasteiger partial charge in [-0.15, -0.1) is 4.68 Å². The van der Waals surface area contributed by atoms with Gasteiger partial charge < -0.3 is 4.90 Å². The molecule has 0 N–H and O–H groups in total. The highest BCUT2D eigenvalue weighted by atomic mass is 35.5. The SMILES string of the molecule is CCN(C(=O)n1nnn(-c2c(Cl)cccc2Cl)c1=O)C1CCCCC1. The van der Waals surface area contributed by atoms with Crippen molar-refractivity contribution in [2.24, 2.45) is 0 Å². The monoisotopic (exact) mass is 383 g/mol. The summed E-state index contributed by atoms with van der Waals surface area (Å²) in [7, 11) is 0. The van der Waals surface area contributed by atoms with Gasteiger partial charge >= 0.3 is 11.7 Å². The number of hydrogen-bond donors (Lipinski definition) is 0. The van der Waals surface area contributed by atoms with Gasteiger partial charge in [-0.05, 0) is 42.3 Å². The number of nitrogens with zero attached hydrogens (tertiary/aromatic N) is 5. The molecule has 134 valence electrons. The number of aromatic nitrogens is 4. The smallest absolute Gasteiger partial charge is 0.320 e. The number of halogens is 2. The fourth-order valence-corrected chi connectivity index (χ4v) is 3.82. The molecule has 25 heavy (non-hydrogen) atoms. The molecule has 0 atom stereocenters. The number of rotatable bonds is 3. The van der Waals surface area contributed by atoms with Gasteiger partial charge in [0.2, 0.25) is 0 Å². The average molecular weight is 384 g/mol. The molecular weight excluding hydrogens is 365 g/mol. The molecule has 0 unspecified atom stereocenters. The lowest BCUT2D eigenvalue weighted by Gasteiger charge is -2.32. The lowest BCUT2D eigenvalue weighted by atomic mass is 9.94. The van der Waals surface area contributed by atoms with E-state index in [0.29, 0.717) is 6.54 Å². The van der Waals surface area contributed by atoms with Crippen molar-refractivity contribution >= 4 is 29.2 Å². The Morgan fingerprint density at radius 1 is 1.20 bits per heavy atom. The van der Waals surface area contributed by atoms with Crippen molar-refractivity contribution in [3.63, 3.8) is 0 Å². The van der Waals surface area contributed by atoms with E-state index < -0.39 is 11.7 Å². The summed E-state index contributed by atoms with van der Waals surface area (Å²) in [5.74, 6) is 0. The summed E-state index contributed by atoms with van der Waals surface area (Å²) < 4.78 is 1.73. The minimum absolute atomic E-state index is 0.132. The summed E-state index contributed by atoms with van der Waals surface area (Å²) in [5, 5.41) is 8.05. The van der Waals surface area contributed by atoms with E-state index in [-0.39, 0.29) is 21.8 Å². The average Bonchev–Trinajstić information content (AvgIpc) is 2.98. The normalized spacial score (nSPS) is 15.3. The molecule has 1 heterocycles. The van der Waals surface area contributed by atoms with E-state index in [1.54, 1.807) is 23.1 Å². The van der Waals surface area contributed by atoms with Crippen molar-refractivity contribution in [3.8, 4) is 5.69 Å². The molecule has 7 nitrogen and oxygen atoms in total. The van der Waals surface area contributed by atoms with Crippen LogP contribution in [-0.2, 0) is 0 Å². The first kappa shape index (κ1) is 17.9. The predicted molar refractivity (Wildman–Crippen MR) is 95.7 cm³/mol. The fraction of sp³-hybridized carbons (Fsp3) is 0.500. The van der Waals surface area contributed by atoms with Crippen molar-refractivity contribution < 1.29 is 4.79 Å². The molecule has 1 amide bonds. The lowest BCUT2D eigenvalue weighted by Crippen LogP contribution is -2.47. The van der Waals surface area contributed by atoms with Crippen molar-refractivity contribution in [3.05, 3.63) is 38.7 Å². The van der Waals surface area contributed by atoms with E-state index >= 15 is 0 Å². The molecule has 0 bridgehead atoms. The van der Waals surface area contributed by atoms with Crippen LogP contribution >= 0.6 is 23.2 Å². The van der Waals surface area contributed by atoms with Crippen LogP contribution in [0.2, 0.25) is 10.0 Å². The summed E-state index contributed by atoms with van der Waals surface area (Å²) in [5.41, 5.74) is -0.468. The van der Waals surface area contributed by atoms with Crippen LogP contribution in [0.15, 0.2) is 23.0 Å². The maximum Gasteiger partial charge on any atom is 0.377 e. The number of para-hydroxylation sites is 1. The first-order valence-electron chi connectivity index (χ1n) is 8.35. The Kier molecular flexibility index (Phi) is 5.44. The summed E-state index contributed by atoms with van der Waals surface area (Å²) >= 11 is 12.2. The van der Waals surface area contributed by atoms with Gasteiger partial charge in [0.25, 0.3) is 0 Å². The molecule has 1 aromatic heterocycles. The van der Waals surface area contributed by atoms with E-state index in [0.717, 1.165) is 35.0 Å². The zero-order chi connectivity index (χ0) is 18.0. The van der Waals surface area contributed by atoms with Gasteiger partial charge in [0.05, 0.1) is 10.0 Å². The van der Waals surface area contributed by atoms with Gasteiger partial charge in [-0.3, -0.25) is 0 Å². The van der Waals surface area contributed by atoms with Gasteiger partial charge in [-0.1, -0.05) is 48.5 Å². The van der Waals surface area contributed by atoms with Gasteiger partial charge in [-0.2, -0.15) is 4.68 Å². The Morgan fingerprint density at radius 2 is 1.84 bits per heavy atom. The van der Waals surface area contributed by atoms with Crippen LogP contribution in [-0.4, -0.2) is 43.3 Å². The van der Waals surface area contributed by atoms with Crippen LogP contribution in [0.25, 0.3) is 5.69 Å². The molecule has 0 spiro atoms. The predicted octanol–water partition coefficient (Wildman–Crippen LogP) is 3.36. The number of tetrazole rings is 1. The van der Waals surface area contributed by atoms with Crippen LogP contribution in [0.1, 0.15) is 39.0 Å². The van der Waals surface area contributed by atoms with Crippen molar-refractivity contribution in [2.45, 2.75) is 45.1 Å². The first-order chi connectivity index (χ1) is 12.0. The zero-order valence-electron chi connectivity index (χ0n) is 13.9. The number of benzene rings is 1. The van der Waals surface area contributed by atoms with Gasteiger partial charge in [-0.25, -0.2) is 9.59 Å². The molecule has 1 saturated carbocycles. The third kappa shape index (κ3) is 3.43. The molecular formula is C16H19Cl2N5O2. The Balaban J connectivity index is 1.95. The quantitative estimate of drug-likeness (QED) is 0.761. The van der Waals surface area contributed by atoms with Gasteiger partial charge in [0, 0.05) is 12.6 Å². The van der Waals surface area contributed by atoms with Crippen molar-refractivity contribution in [1.82, 2.24) is 24.7 Å². The fourth-order valence-electron chi connectivity index (χ4n) is 3.26. The standard InChI is InChI=1S/C16H19Cl2N5O2/c1-2-21(11-7-4-3-5-8-11)15(24)23-16(25)22(19-20-23)14-12(17)9-6-10-13(14)18/h6,9-11H,2-5,7-8H2,1H3. The highest BCUT2D eigenvalue weighted by molar-refractivity contribution is 6.37. The topological polar surface area (TPSA) is 73.0 Å². The number of hydrogen-bond acceptors (Lipinski definition) is 4. The second-order valence-corrected chi connectivity index (χ2v) is 6.83. The Hall–Kier alpha value is -1.86. The molecule has 1 aliphatic carbocycles. The molecule has 0 aliphatic heterocycles. The number of amides is 1. The minimum Gasteiger partial charge on any atom is -0.320 e. The Labute approximate surface area is 155 Å². The summed E-state index contributed by atoms with van der Waals surface area (Å²) in [6.07, 6.45) is 5.25. The zero-order valence-corrected chi connectivity index (χ0v) is 15.4. The Morgan fingerprint density at radius 3 is 2.44 bits per heavy atom. The summed E-state index contributed by atoms with van der Waals surface area (Å²) in [6.45, 7) is 2.41. The first-order valence-corrected chi connectivity index (χ1v) is 9.10. The third-order valence-corrected chi connectivity index (χ3v) is 5.12. The van der Waals surface area contributed by atoms with Crippen molar-refractivity contribution in [1.29, 1.82) is 0 Å². The largest absolute Gasteiger partial charge is 0.377 e. The van der Waals surface area contributed by atoms with E-state index in [1.165, 1.54) is 6.42 Å². The highest BCUT2D eigenvalue weighted by Gasteiger charge is 2.28. The number of carbonyl (C=O) groups excluding carboxylic acids is 1. The maximum absolute atomic E-state index is 12.8. The molecule has 1 aromatic carbocycles. The molecule has 1 aliphatic rings. The minimum atomic E-state index is -0.686. The van der Waals surface area contributed by atoms with Gasteiger partial charge in [0.15, 0.2) is 0 Å². The maximum atomic E-state index is 12.8. The van der Waals surface area contributed by atoms with Crippen LogP contribution in [0.5, 0.6) is 0 Å². The van der Waals surface area contributed by atoms with Crippen molar-refractivity contribution in [2.75, 3.05) is 6.54 Å². The summed E-state index contributed by atoms with van der Waals surface area (Å²) in [4.78, 5) is 27.2. The number of carbonyl (C=O) groups is 1. The molecule has 0 radical (unpaired) electrons. The summed E-state index contributed by atoms with van der Waals surface area (Å²) in [6, 6.07) is 4.52. The molecule has 2 aromatic rings. The van der Waals surface area contributed by atoms with E-state index in [1.807, 2.05) is 6.92 Å². The second-order valence-electron chi connectivity index (χ2n) is 6.02. The van der Waals surface area contributed by atoms with Crippen LogP contribution in [0.3, 0.4) is 0 Å². The lowest BCUT2D eigenvalue weighted by molar-refractivity contribution is 0.157. The molecule has 1 fully saturated rings. The third-order valence-electron chi connectivity index (χ3n) is 4.51. The molecule has 3 rings (SSSR count). The van der Waals surface area contributed by atoms with Crippen LogP contribution < -0.4 is 5.69 Å². The second kappa shape index (κ2) is 7.58. The molecule has 0 saturated heterocycles. The Bertz CT molecular complexity index is 806.